The zero-order valence-corrected chi connectivity index (χ0v) is 11.1. The molecule has 0 atom stereocenters. The van der Waals surface area contributed by atoms with Crippen LogP contribution < -0.4 is 11.1 Å². The van der Waals surface area contributed by atoms with E-state index in [-0.39, 0.29) is 0 Å². The highest BCUT2D eigenvalue weighted by atomic mass is 15.0. The van der Waals surface area contributed by atoms with Gasteiger partial charge in [-0.3, -0.25) is 0 Å². The van der Waals surface area contributed by atoms with Crippen molar-refractivity contribution in [2.45, 2.75) is 27.3 Å². The number of hydrogen-bond acceptors (Lipinski definition) is 3. The van der Waals surface area contributed by atoms with Crippen molar-refractivity contribution in [3.05, 3.63) is 52.7 Å². The van der Waals surface area contributed by atoms with Gasteiger partial charge in [0, 0.05) is 6.54 Å². The number of rotatable bonds is 3. The van der Waals surface area contributed by atoms with E-state index in [1.165, 1.54) is 16.7 Å². The summed E-state index contributed by atoms with van der Waals surface area (Å²) in [6, 6.07) is 10.3. The minimum Gasteiger partial charge on any atom is -0.397 e. The molecule has 0 radical (unpaired) electrons. The second-order valence-corrected chi connectivity index (χ2v) is 4.64. The molecule has 0 saturated heterocycles. The summed E-state index contributed by atoms with van der Waals surface area (Å²) >= 11 is 0. The van der Waals surface area contributed by atoms with Crippen LogP contribution >= 0.6 is 0 Å². The number of aromatic nitrogens is 1. The summed E-state index contributed by atoms with van der Waals surface area (Å²) in [4.78, 5) is 4.39. The molecule has 0 aliphatic carbocycles. The fourth-order valence-electron chi connectivity index (χ4n) is 1.78. The van der Waals surface area contributed by atoms with Gasteiger partial charge in [-0.15, -0.1) is 0 Å². The van der Waals surface area contributed by atoms with Gasteiger partial charge in [0.25, 0.3) is 0 Å². The summed E-state index contributed by atoms with van der Waals surface area (Å²) in [5, 5.41) is 3.31. The Morgan fingerprint density at radius 3 is 2.50 bits per heavy atom. The molecule has 18 heavy (non-hydrogen) atoms. The van der Waals surface area contributed by atoms with Crippen LogP contribution in [-0.2, 0) is 6.54 Å². The molecule has 3 heteroatoms. The molecule has 1 heterocycles. The summed E-state index contributed by atoms with van der Waals surface area (Å²) in [7, 11) is 0. The summed E-state index contributed by atoms with van der Waals surface area (Å²) < 4.78 is 0. The largest absolute Gasteiger partial charge is 0.397 e. The highest BCUT2D eigenvalue weighted by Gasteiger charge is 2.00. The van der Waals surface area contributed by atoms with E-state index < -0.39 is 0 Å². The maximum atomic E-state index is 5.74. The van der Waals surface area contributed by atoms with Crippen LogP contribution in [0.25, 0.3) is 0 Å². The molecule has 1 aromatic carbocycles. The molecule has 0 spiro atoms. The van der Waals surface area contributed by atoms with E-state index in [0.29, 0.717) is 0 Å². The maximum Gasteiger partial charge on any atom is 0.126 e. The first-order valence-electron chi connectivity index (χ1n) is 6.09. The predicted octanol–water partition coefficient (Wildman–Crippen LogP) is 3.20. The lowest BCUT2D eigenvalue weighted by Gasteiger charge is -2.09. The van der Waals surface area contributed by atoms with Gasteiger partial charge in [-0.25, -0.2) is 4.98 Å². The van der Waals surface area contributed by atoms with Gasteiger partial charge < -0.3 is 11.1 Å². The number of anilines is 2. The predicted molar refractivity (Wildman–Crippen MR) is 76.6 cm³/mol. The summed E-state index contributed by atoms with van der Waals surface area (Å²) in [6.07, 6.45) is 0. The highest BCUT2D eigenvalue weighted by molar-refractivity contribution is 5.49. The Bertz CT molecular complexity index is 510. The lowest BCUT2D eigenvalue weighted by molar-refractivity contribution is 1.08. The van der Waals surface area contributed by atoms with E-state index in [1.54, 1.807) is 0 Å². The van der Waals surface area contributed by atoms with Crippen LogP contribution in [0.15, 0.2) is 30.3 Å². The van der Waals surface area contributed by atoms with Crippen molar-refractivity contribution in [1.29, 1.82) is 0 Å². The van der Waals surface area contributed by atoms with Crippen molar-refractivity contribution in [1.82, 2.24) is 4.98 Å². The number of nitrogen functional groups attached to an aromatic ring is 1. The van der Waals surface area contributed by atoms with Crippen molar-refractivity contribution in [2.24, 2.45) is 0 Å². The van der Waals surface area contributed by atoms with Gasteiger partial charge in [0.15, 0.2) is 0 Å². The third-order valence-electron chi connectivity index (χ3n) is 3.17. The number of aryl methyl sites for hydroxylation is 3. The Hall–Kier alpha value is -2.03. The van der Waals surface area contributed by atoms with Gasteiger partial charge >= 0.3 is 0 Å². The molecule has 0 aliphatic heterocycles. The molecule has 0 fully saturated rings. The van der Waals surface area contributed by atoms with E-state index in [4.69, 9.17) is 5.73 Å². The Kier molecular flexibility index (Phi) is 3.51. The Balaban J connectivity index is 2.06. The first-order chi connectivity index (χ1) is 8.56. The zero-order valence-electron chi connectivity index (χ0n) is 11.1. The second-order valence-electron chi connectivity index (χ2n) is 4.64. The first-order valence-corrected chi connectivity index (χ1v) is 6.09. The first kappa shape index (κ1) is 12.4. The highest BCUT2D eigenvalue weighted by Crippen LogP contribution is 2.14. The molecule has 0 bridgehead atoms. The van der Waals surface area contributed by atoms with Gasteiger partial charge in [-0.1, -0.05) is 18.2 Å². The fraction of sp³-hybridized carbons (Fsp3) is 0.267. The maximum absolute atomic E-state index is 5.74. The summed E-state index contributed by atoms with van der Waals surface area (Å²) in [5.74, 6) is 0.861. The number of benzene rings is 1. The molecule has 0 saturated carbocycles. The minimum absolute atomic E-state index is 0.728. The van der Waals surface area contributed by atoms with Crippen molar-refractivity contribution >= 4 is 11.5 Å². The molecule has 0 aliphatic rings. The van der Waals surface area contributed by atoms with E-state index in [2.05, 4.69) is 42.3 Å². The van der Waals surface area contributed by atoms with Gasteiger partial charge in [0.05, 0.1) is 11.4 Å². The van der Waals surface area contributed by atoms with Crippen LogP contribution in [-0.4, -0.2) is 4.98 Å². The summed E-state index contributed by atoms with van der Waals surface area (Å²) in [5.41, 5.74) is 11.2. The molecule has 0 amide bonds. The number of hydrogen-bond donors (Lipinski definition) is 2. The molecule has 2 rings (SSSR count). The van der Waals surface area contributed by atoms with Crippen molar-refractivity contribution < 1.29 is 0 Å². The third-order valence-corrected chi connectivity index (χ3v) is 3.17. The Labute approximate surface area is 108 Å². The SMILES string of the molecule is Cc1ccc(CNc2ccc(N)c(C)n2)cc1C. The van der Waals surface area contributed by atoms with Crippen LogP contribution in [0.2, 0.25) is 0 Å². The molecule has 94 valence electrons. The normalized spacial score (nSPS) is 10.4. The Morgan fingerprint density at radius 1 is 1.06 bits per heavy atom. The van der Waals surface area contributed by atoms with E-state index in [1.807, 2.05) is 19.1 Å². The number of nitrogens with zero attached hydrogens (tertiary/aromatic N) is 1. The van der Waals surface area contributed by atoms with E-state index in [0.717, 1.165) is 23.7 Å². The van der Waals surface area contributed by atoms with E-state index in [9.17, 15) is 0 Å². The van der Waals surface area contributed by atoms with E-state index >= 15 is 0 Å². The average Bonchev–Trinajstić information content (AvgIpc) is 2.35. The minimum atomic E-state index is 0.728. The topological polar surface area (TPSA) is 50.9 Å². The van der Waals surface area contributed by atoms with Crippen LogP contribution in [0.3, 0.4) is 0 Å². The standard InChI is InChI=1S/C15H19N3/c1-10-4-5-13(8-11(10)2)9-17-15-7-6-14(16)12(3)18-15/h4-8H,9,16H2,1-3H3,(H,17,18). The Morgan fingerprint density at radius 2 is 1.83 bits per heavy atom. The van der Waals surface area contributed by atoms with Gasteiger partial charge in [0.2, 0.25) is 0 Å². The van der Waals surface area contributed by atoms with Crippen LogP contribution in [0, 0.1) is 20.8 Å². The second kappa shape index (κ2) is 5.08. The number of pyridine rings is 1. The van der Waals surface area contributed by atoms with Crippen molar-refractivity contribution in [2.75, 3.05) is 11.1 Å². The molecule has 0 unspecified atom stereocenters. The van der Waals surface area contributed by atoms with Crippen LogP contribution in [0.5, 0.6) is 0 Å². The zero-order chi connectivity index (χ0) is 13.1. The smallest absolute Gasteiger partial charge is 0.126 e. The van der Waals surface area contributed by atoms with Gasteiger partial charge in [-0.2, -0.15) is 0 Å². The molecular weight excluding hydrogens is 222 g/mol. The monoisotopic (exact) mass is 241 g/mol. The lowest BCUT2D eigenvalue weighted by atomic mass is 10.1. The molecule has 3 nitrogen and oxygen atoms in total. The van der Waals surface area contributed by atoms with Crippen molar-refractivity contribution in [3.8, 4) is 0 Å². The van der Waals surface area contributed by atoms with Gasteiger partial charge in [-0.05, 0) is 49.6 Å². The average molecular weight is 241 g/mol. The lowest BCUT2D eigenvalue weighted by Crippen LogP contribution is -2.03. The molecule has 2 aromatic rings. The number of nitrogens with two attached hydrogens (primary N) is 1. The summed E-state index contributed by atoms with van der Waals surface area (Å²) in [6.45, 7) is 6.94. The number of nitrogens with one attached hydrogen (secondary N) is 1. The quantitative estimate of drug-likeness (QED) is 0.867. The van der Waals surface area contributed by atoms with Crippen LogP contribution in [0.1, 0.15) is 22.4 Å². The van der Waals surface area contributed by atoms with Crippen LogP contribution in [0.4, 0.5) is 11.5 Å². The molecular formula is C15H19N3. The van der Waals surface area contributed by atoms with Gasteiger partial charge in [0.1, 0.15) is 5.82 Å². The molecule has 1 aromatic heterocycles. The third kappa shape index (κ3) is 2.80. The van der Waals surface area contributed by atoms with Crippen molar-refractivity contribution in [3.63, 3.8) is 0 Å². The fourth-order valence-corrected chi connectivity index (χ4v) is 1.78. The molecule has 3 N–H and O–H groups in total.